The predicted molar refractivity (Wildman–Crippen MR) is 464 cm³/mol. The zero-order valence-electron chi connectivity index (χ0n) is 60.2. The van der Waals surface area contributed by atoms with Gasteiger partial charge in [0.15, 0.2) is 34.9 Å². The fraction of sp³-hybridized carbons (Fsp3) is 0. The minimum atomic E-state index is 0.541. The molecule has 0 fully saturated rings. The van der Waals surface area contributed by atoms with Gasteiger partial charge in [0.2, 0.25) is 0 Å². The van der Waals surface area contributed by atoms with Gasteiger partial charge in [-0.2, -0.15) is 0 Å². The van der Waals surface area contributed by atoms with E-state index in [-0.39, 0.29) is 0 Å². The van der Waals surface area contributed by atoms with E-state index >= 15 is 0 Å². The van der Waals surface area contributed by atoms with E-state index in [0.717, 1.165) is 165 Å². The highest BCUT2D eigenvalue weighted by atomic mass is 32.1. The van der Waals surface area contributed by atoms with Crippen molar-refractivity contribution in [2.45, 2.75) is 0 Å². The molecule has 0 unspecified atom stereocenters. The third kappa shape index (κ3) is 10.0. The van der Waals surface area contributed by atoms with Crippen molar-refractivity contribution in [1.29, 1.82) is 0 Å². The Balaban J connectivity index is 0.568. The molecule has 0 aliphatic heterocycles. The van der Waals surface area contributed by atoms with Crippen LogP contribution < -0.4 is 0 Å². The summed E-state index contributed by atoms with van der Waals surface area (Å²) in [5, 5.41) is 18.2. The van der Waals surface area contributed by atoms with Crippen LogP contribution in [0.3, 0.4) is 0 Å². The Bertz CT molecular complexity index is 8120. The van der Waals surface area contributed by atoms with Crippen LogP contribution in [0.25, 0.3) is 248 Å². The molecule has 0 radical (unpaired) electrons. The maximum atomic E-state index is 6.88. The summed E-state index contributed by atoms with van der Waals surface area (Å²) in [6, 6.07) is 122. The molecular formula is C102H57N7O3S. The summed E-state index contributed by atoms with van der Waals surface area (Å²) in [7, 11) is 0. The SMILES string of the molecule is c1ccc(-c2nc(-c3ccc4c(c3)oc3cc(-c5ccc6c(c5)c5ccccc5n6-c5ccc(-c6ccccc6-c6nc(-c7ccc8c(c7)oc7cc(-c9ccc%10c%11ccccc%11c%11ccccc%11c%10c9)ccc78)nc(-c7cccc8c7sc7ccccc78)n6)cc5)ccc34)nc(-c3cccc4oc5ccccc5c34)n2)cc1. The highest BCUT2D eigenvalue weighted by Crippen LogP contribution is 2.46. The maximum absolute atomic E-state index is 6.88. The smallest absolute Gasteiger partial charge is 0.165 e. The van der Waals surface area contributed by atoms with Crippen LogP contribution in [0.5, 0.6) is 0 Å². The first kappa shape index (κ1) is 62.9. The van der Waals surface area contributed by atoms with Crippen LogP contribution in [0.4, 0.5) is 0 Å². The number of hydrogen-bond donors (Lipinski definition) is 0. The largest absolute Gasteiger partial charge is 0.456 e. The molecule has 10 nitrogen and oxygen atoms in total. The van der Waals surface area contributed by atoms with Crippen molar-refractivity contribution < 1.29 is 13.3 Å². The van der Waals surface area contributed by atoms with Gasteiger partial charge in [-0.1, -0.05) is 237 Å². The Hall–Kier alpha value is -15.0. The van der Waals surface area contributed by atoms with E-state index in [1.54, 1.807) is 11.3 Å². The molecule has 0 saturated carbocycles. The van der Waals surface area contributed by atoms with Gasteiger partial charge in [-0.05, 0) is 175 Å². The molecule has 0 atom stereocenters. The molecule has 0 aliphatic carbocycles. The van der Waals surface area contributed by atoms with Crippen molar-refractivity contribution in [2.75, 3.05) is 0 Å². The lowest BCUT2D eigenvalue weighted by Gasteiger charge is -2.13. The average Bonchev–Trinajstić information content (AvgIpc) is 1.29. The number of benzene rings is 17. The van der Waals surface area contributed by atoms with Crippen LogP contribution >= 0.6 is 11.3 Å². The summed E-state index contributed by atoms with van der Waals surface area (Å²) in [4.78, 5) is 31.7. The summed E-state index contributed by atoms with van der Waals surface area (Å²) < 4.78 is 24.7. The van der Waals surface area contributed by atoms with E-state index in [2.05, 4.69) is 284 Å². The highest BCUT2D eigenvalue weighted by molar-refractivity contribution is 7.26. The van der Waals surface area contributed by atoms with E-state index in [4.69, 9.17) is 43.2 Å². The van der Waals surface area contributed by atoms with Crippen LogP contribution in [0.2, 0.25) is 0 Å². The lowest BCUT2D eigenvalue weighted by molar-refractivity contribution is 0.668. The third-order valence-electron chi connectivity index (χ3n) is 22.7. The number of furan rings is 3. The molecule has 0 bridgehead atoms. The summed E-state index contributed by atoms with van der Waals surface area (Å²) in [5.41, 5.74) is 19.5. The molecule has 0 saturated heterocycles. The first-order valence-corrected chi connectivity index (χ1v) is 38.7. The van der Waals surface area contributed by atoms with Crippen LogP contribution in [-0.2, 0) is 0 Å². The quantitative estimate of drug-likeness (QED) is 0.123. The van der Waals surface area contributed by atoms with Crippen molar-refractivity contribution in [3.05, 3.63) is 346 Å². The molecule has 24 rings (SSSR count). The Kier molecular flexibility index (Phi) is 13.8. The predicted octanol–water partition coefficient (Wildman–Crippen LogP) is 27.7. The van der Waals surface area contributed by atoms with Gasteiger partial charge in [-0.15, -0.1) is 11.3 Å². The van der Waals surface area contributed by atoms with Crippen LogP contribution in [-0.4, -0.2) is 34.5 Å². The molecule has 24 aromatic rings. The summed E-state index contributed by atoms with van der Waals surface area (Å²) in [6.45, 7) is 0. The van der Waals surface area contributed by atoms with Crippen LogP contribution in [0.15, 0.2) is 359 Å². The summed E-state index contributed by atoms with van der Waals surface area (Å²) in [6.07, 6.45) is 0. The lowest BCUT2D eigenvalue weighted by Crippen LogP contribution is -2.01. The molecule has 7 heterocycles. The Labute approximate surface area is 648 Å². The molecular weight excluding hydrogens is 1400 g/mol. The van der Waals surface area contributed by atoms with E-state index in [1.165, 1.54) is 47.8 Å². The van der Waals surface area contributed by atoms with Crippen molar-refractivity contribution in [1.82, 2.24) is 34.5 Å². The van der Waals surface area contributed by atoms with E-state index in [9.17, 15) is 0 Å². The van der Waals surface area contributed by atoms with Gasteiger partial charge in [0.1, 0.15) is 33.5 Å². The molecule has 0 N–H and O–H groups in total. The number of para-hydroxylation sites is 2. The lowest BCUT2D eigenvalue weighted by atomic mass is 9.92. The van der Waals surface area contributed by atoms with Gasteiger partial charge >= 0.3 is 0 Å². The third-order valence-corrected chi connectivity index (χ3v) is 24.0. The minimum Gasteiger partial charge on any atom is -0.456 e. The number of hydrogen-bond acceptors (Lipinski definition) is 10. The molecule has 0 amide bonds. The number of rotatable bonds is 10. The highest BCUT2D eigenvalue weighted by Gasteiger charge is 2.24. The number of thiophene rings is 1. The topological polar surface area (TPSA) is 122 Å². The van der Waals surface area contributed by atoms with Gasteiger partial charge < -0.3 is 17.8 Å². The average molecular weight is 1460 g/mol. The molecule has 0 aliphatic rings. The number of fused-ring (bicyclic) bond motifs is 21. The standard InChI is InChI=1S/C102H57N7O3S/c1-2-18-59(19-3-1)97-103-98(106-101(104-97)82-30-17-34-89-95(82)81-28-11-14-33-88(81)110-89)64-41-49-76-75-48-40-63(55-91(75)112-92(76)56-64)61-43-51-87-85(53-61)73-25-10-13-32-86(73)109(87)66-44-36-58(37-45-66)67-20-4-9-27-80(67)100-105-99(107-102(108-100)83-31-16-29-79-78-26-12-15-35-94(78)113-96(79)83)65-42-50-77-74-47-39-62(54-90(74)111-93(77)57-65)60-38-46-72-70-23-6-5-21-68(70)69-22-7-8-24-71(69)84(72)52-60/h1-57H. The van der Waals surface area contributed by atoms with Crippen molar-refractivity contribution in [3.8, 4) is 107 Å². The van der Waals surface area contributed by atoms with Gasteiger partial charge in [0, 0.05) is 102 Å². The summed E-state index contributed by atoms with van der Waals surface area (Å²) in [5.74, 6) is 3.39. The molecule has 0 spiro atoms. The molecule has 7 aromatic heterocycles. The van der Waals surface area contributed by atoms with Crippen molar-refractivity contribution >= 4 is 151 Å². The first-order valence-electron chi connectivity index (χ1n) is 37.8. The van der Waals surface area contributed by atoms with Crippen molar-refractivity contribution in [3.63, 3.8) is 0 Å². The van der Waals surface area contributed by atoms with E-state index < -0.39 is 0 Å². The zero-order chi connectivity index (χ0) is 73.9. The molecule has 11 heteroatoms. The van der Waals surface area contributed by atoms with Gasteiger partial charge in [-0.3, -0.25) is 0 Å². The fourth-order valence-corrected chi connectivity index (χ4v) is 18.6. The Morgan fingerprint density at radius 1 is 0.204 bits per heavy atom. The number of aromatic nitrogens is 7. The normalized spacial score (nSPS) is 12.1. The van der Waals surface area contributed by atoms with Crippen molar-refractivity contribution in [2.24, 2.45) is 0 Å². The minimum absolute atomic E-state index is 0.541. The van der Waals surface area contributed by atoms with Gasteiger partial charge in [0.25, 0.3) is 0 Å². The Morgan fingerprint density at radius 3 is 1.27 bits per heavy atom. The molecule has 17 aromatic carbocycles. The Morgan fingerprint density at radius 2 is 0.602 bits per heavy atom. The van der Waals surface area contributed by atoms with E-state index in [0.29, 0.717) is 34.9 Å². The summed E-state index contributed by atoms with van der Waals surface area (Å²) >= 11 is 1.77. The molecule has 524 valence electrons. The zero-order valence-corrected chi connectivity index (χ0v) is 61.0. The second-order valence-electron chi connectivity index (χ2n) is 29.1. The second kappa shape index (κ2) is 24.7. The molecule has 113 heavy (non-hydrogen) atoms. The monoisotopic (exact) mass is 1460 g/mol. The van der Waals surface area contributed by atoms with Crippen LogP contribution in [0.1, 0.15) is 0 Å². The second-order valence-corrected chi connectivity index (χ2v) is 30.2. The van der Waals surface area contributed by atoms with Crippen LogP contribution in [0, 0.1) is 0 Å². The van der Waals surface area contributed by atoms with Gasteiger partial charge in [-0.25, -0.2) is 29.9 Å². The number of nitrogens with zero attached hydrogens (tertiary/aromatic N) is 7. The van der Waals surface area contributed by atoms with E-state index in [1.807, 2.05) is 66.7 Å². The first-order chi connectivity index (χ1) is 55.9. The maximum Gasteiger partial charge on any atom is 0.165 e. The fourth-order valence-electron chi connectivity index (χ4n) is 17.4. The van der Waals surface area contributed by atoms with Gasteiger partial charge in [0.05, 0.1) is 11.0 Å².